The Kier molecular flexibility index (Phi) is 4.77. The summed E-state index contributed by atoms with van der Waals surface area (Å²) in [5.41, 5.74) is 2.81. The fourth-order valence-corrected chi connectivity index (χ4v) is 2.60. The van der Waals surface area contributed by atoms with E-state index in [1.807, 2.05) is 19.9 Å². The van der Waals surface area contributed by atoms with Gasteiger partial charge >= 0.3 is 0 Å². The molecule has 2 aromatic rings. The number of carbonyl (C=O) groups excluding carboxylic acids is 1. The van der Waals surface area contributed by atoms with Gasteiger partial charge in [-0.05, 0) is 35.8 Å². The molecular weight excluding hydrogens is 322 g/mol. The van der Waals surface area contributed by atoms with Crippen LogP contribution in [0.1, 0.15) is 21.7 Å². The van der Waals surface area contributed by atoms with Crippen LogP contribution in [0.15, 0.2) is 22.9 Å². The quantitative estimate of drug-likeness (QED) is 0.760. The van der Waals surface area contributed by atoms with Gasteiger partial charge in [0.05, 0.1) is 17.3 Å². The summed E-state index contributed by atoms with van der Waals surface area (Å²) in [4.78, 5) is 12.4. The molecule has 20 heavy (non-hydrogen) atoms. The zero-order chi connectivity index (χ0) is 14.7. The summed E-state index contributed by atoms with van der Waals surface area (Å²) in [7, 11) is 1.68. The molecule has 0 aliphatic rings. The Morgan fingerprint density at radius 2 is 2.20 bits per heavy atom. The maximum atomic E-state index is 12.4. The van der Waals surface area contributed by atoms with E-state index in [2.05, 4.69) is 25.6 Å². The second kappa shape index (κ2) is 6.37. The normalized spacial score (nSPS) is 11.0. The molecule has 0 aliphatic heterocycles. The molecule has 0 spiro atoms. The third-order valence-corrected chi connectivity index (χ3v) is 3.71. The molecule has 0 unspecified atom stereocenters. The Morgan fingerprint density at radius 1 is 1.45 bits per heavy atom. The average Bonchev–Trinajstić information content (AvgIpc) is 2.92. The molecule has 2 aromatic heterocycles. The van der Waals surface area contributed by atoms with Gasteiger partial charge in [0.25, 0.3) is 0 Å². The first-order valence-corrected chi connectivity index (χ1v) is 7.19. The van der Waals surface area contributed by atoms with Crippen molar-refractivity contribution >= 4 is 21.7 Å². The van der Waals surface area contributed by atoms with Crippen LogP contribution in [-0.4, -0.2) is 33.8 Å². The van der Waals surface area contributed by atoms with Gasteiger partial charge in [0.1, 0.15) is 6.54 Å². The van der Waals surface area contributed by atoms with E-state index in [-0.39, 0.29) is 12.3 Å². The topological polar surface area (TPSA) is 49.0 Å². The standard InChI is InChI=1S/C14H18BrN3O2/c1-10-6-13(11(2)18(10)4-5-20-3)14(19)9-17-8-12(15)7-16-17/h6-8H,4-5,9H2,1-3H3. The summed E-state index contributed by atoms with van der Waals surface area (Å²) >= 11 is 3.32. The zero-order valence-electron chi connectivity index (χ0n) is 11.9. The van der Waals surface area contributed by atoms with E-state index in [0.29, 0.717) is 6.61 Å². The lowest BCUT2D eigenvalue weighted by Crippen LogP contribution is -2.13. The van der Waals surface area contributed by atoms with Crippen molar-refractivity contribution < 1.29 is 9.53 Å². The summed E-state index contributed by atoms with van der Waals surface area (Å²) in [6.45, 7) is 5.61. The Balaban J connectivity index is 2.17. The van der Waals surface area contributed by atoms with E-state index in [1.54, 1.807) is 24.2 Å². The largest absolute Gasteiger partial charge is 0.383 e. The van der Waals surface area contributed by atoms with Crippen LogP contribution in [0.5, 0.6) is 0 Å². The van der Waals surface area contributed by atoms with Crippen molar-refractivity contribution in [2.45, 2.75) is 26.9 Å². The molecule has 0 amide bonds. The van der Waals surface area contributed by atoms with Gasteiger partial charge in [0.2, 0.25) is 0 Å². The molecule has 0 saturated carbocycles. The molecule has 0 atom stereocenters. The van der Waals surface area contributed by atoms with Crippen LogP contribution in [0.2, 0.25) is 0 Å². The molecule has 0 aliphatic carbocycles. The van der Waals surface area contributed by atoms with Gasteiger partial charge in [-0.3, -0.25) is 9.48 Å². The summed E-state index contributed by atoms with van der Waals surface area (Å²) in [6.07, 6.45) is 3.47. The van der Waals surface area contributed by atoms with Gasteiger partial charge in [0.15, 0.2) is 5.78 Å². The minimum Gasteiger partial charge on any atom is -0.383 e. The Labute approximate surface area is 126 Å². The number of ether oxygens (including phenoxy) is 1. The molecule has 2 rings (SSSR count). The van der Waals surface area contributed by atoms with E-state index in [4.69, 9.17) is 4.74 Å². The Morgan fingerprint density at radius 3 is 2.80 bits per heavy atom. The lowest BCUT2D eigenvalue weighted by atomic mass is 10.1. The number of ketones is 1. The molecule has 6 heteroatoms. The van der Waals surface area contributed by atoms with Gasteiger partial charge in [0, 0.05) is 36.8 Å². The number of rotatable bonds is 6. The number of hydrogen-bond acceptors (Lipinski definition) is 3. The Bertz CT molecular complexity index is 616. The minimum atomic E-state index is 0.0670. The van der Waals surface area contributed by atoms with Crippen molar-refractivity contribution in [3.05, 3.63) is 39.9 Å². The monoisotopic (exact) mass is 339 g/mol. The summed E-state index contributed by atoms with van der Waals surface area (Å²) in [5, 5.41) is 4.11. The first-order valence-electron chi connectivity index (χ1n) is 6.39. The van der Waals surface area contributed by atoms with Crippen molar-refractivity contribution in [3.63, 3.8) is 0 Å². The van der Waals surface area contributed by atoms with Gasteiger partial charge in [-0.1, -0.05) is 0 Å². The third kappa shape index (κ3) is 3.19. The molecule has 2 heterocycles. The average molecular weight is 340 g/mol. The second-order valence-corrected chi connectivity index (χ2v) is 5.62. The van der Waals surface area contributed by atoms with Crippen LogP contribution >= 0.6 is 15.9 Å². The van der Waals surface area contributed by atoms with Crippen molar-refractivity contribution in [2.75, 3.05) is 13.7 Å². The number of aromatic nitrogens is 3. The van der Waals surface area contributed by atoms with E-state index >= 15 is 0 Å². The van der Waals surface area contributed by atoms with Crippen LogP contribution in [0, 0.1) is 13.8 Å². The highest BCUT2D eigenvalue weighted by Crippen LogP contribution is 2.17. The van der Waals surface area contributed by atoms with Crippen LogP contribution in [0.3, 0.4) is 0 Å². The number of Topliss-reactive ketones (excluding diaryl/α,β-unsaturated/α-hetero) is 1. The third-order valence-electron chi connectivity index (χ3n) is 3.30. The zero-order valence-corrected chi connectivity index (χ0v) is 13.5. The van der Waals surface area contributed by atoms with Crippen LogP contribution in [-0.2, 0) is 17.8 Å². The number of nitrogens with zero attached hydrogens (tertiary/aromatic N) is 3. The van der Waals surface area contributed by atoms with Gasteiger partial charge < -0.3 is 9.30 Å². The van der Waals surface area contributed by atoms with E-state index in [1.165, 1.54) is 0 Å². The molecule has 0 bridgehead atoms. The highest BCUT2D eigenvalue weighted by atomic mass is 79.9. The van der Waals surface area contributed by atoms with E-state index in [0.717, 1.165) is 28.0 Å². The lowest BCUT2D eigenvalue weighted by molar-refractivity contribution is 0.0967. The number of aryl methyl sites for hydroxylation is 1. The molecular formula is C14H18BrN3O2. The SMILES string of the molecule is COCCn1c(C)cc(C(=O)Cn2cc(Br)cn2)c1C. The predicted molar refractivity (Wildman–Crippen MR) is 80.0 cm³/mol. The smallest absolute Gasteiger partial charge is 0.186 e. The predicted octanol–water partition coefficient (Wildman–Crippen LogP) is 2.59. The number of methoxy groups -OCH3 is 1. The van der Waals surface area contributed by atoms with Gasteiger partial charge in [-0.2, -0.15) is 5.10 Å². The molecule has 5 nitrogen and oxygen atoms in total. The van der Waals surface area contributed by atoms with Crippen molar-refractivity contribution in [1.29, 1.82) is 0 Å². The maximum Gasteiger partial charge on any atom is 0.186 e. The molecule has 0 aromatic carbocycles. The number of halogens is 1. The summed E-state index contributed by atoms with van der Waals surface area (Å²) in [5.74, 6) is 0.0670. The highest BCUT2D eigenvalue weighted by Gasteiger charge is 2.16. The number of hydrogen-bond donors (Lipinski definition) is 0. The number of carbonyl (C=O) groups is 1. The highest BCUT2D eigenvalue weighted by molar-refractivity contribution is 9.10. The summed E-state index contributed by atoms with van der Waals surface area (Å²) < 4.78 is 9.71. The van der Waals surface area contributed by atoms with Crippen molar-refractivity contribution in [3.8, 4) is 0 Å². The van der Waals surface area contributed by atoms with Crippen LogP contribution < -0.4 is 0 Å². The first kappa shape index (κ1) is 15.0. The van der Waals surface area contributed by atoms with Crippen LogP contribution in [0.25, 0.3) is 0 Å². The molecule has 0 N–H and O–H groups in total. The van der Waals surface area contributed by atoms with E-state index < -0.39 is 0 Å². The maximum absolute atomic E-state index is 12.4. The summed E-state index contributed by atoms with van der Waals surface area (Å²) in [6, 6.07) is 1.94. The fourth-order valence-electron chi connectivity index (χ4n) is 2.27. The molecule has 0 radical (unpaired) electrons. The van der Waals surface area contributed by atoms with Crippen molar-refractivity contribution in [1.82, 2.24) is 14.3 Å². The first-order chi connectivity index (χ1) is 9.52. The van der Waals surface area contributed by atoms with Gasteiger partial charge in [-0.15, -0.1) is 0 Å². The molecule has 0 saturated heterocycles. The van der Waals surface area contributed by atoms with Gasteiger partial charge in [-0.25, -0.2) is 0 Å². The van der Waals surface area contributed by atoms with Crippen molar-refractivity contribution in [2.24, 2.45) is 0 Å². The minimum absolute atomic E-state index is 0.0670. The van der Waals surface area contributed by atoms with Crippen LogP contribution in [0.4, 0.5) is 0 Å². The second-order valence-electron chi connectivity index (χ2n) is 4.71. The molecule has 108 valence electrons. The lowest BCUT2D eigenvalue weighted by Gasteiger charge is -2.08. The Hall–Kier alpha value is -1.40. The van der Waals surface area contributed by atoms with E-state index in [9.17, 15) is 4.79 Å². The fraction of sp³-hybridized carbons (Fsp3) is 0.429. The molecule has 0 fully saturated rings.